The number of hydrogen-bond donors (Lipinski definition) is 1. The second-order valence-electron chi connectivity index (χ2n) is 4.51. The van der Waals surface area contributed by atoms with E-state index in [1.807, 2.05) is 0 Å². The molecular weight excluding hydrogens is 297 g/mol. The van der Waals surface area contributed by atoms with E-state index in [1.165, 1.54) is 11.8 Å². The minimum Gasteiger partial charge on any atom is -0.480 e. The van der Waals surface area contributed by atoms with Crippen LogP contribution < -0.4 is 0 Å². The number of halogens is 3. The zero-order valence-electron chi connectivity index (χ0n) is 11.2. The molecular formula is C11H17F3N2O3S. The Labute approximate surface area is 119 Å². The van der Waals surface area contributed by atoms with Gasteiger partial charge in [0, 0.05) is 12.3 Å². The van der Waals surface area contributed by atoms with Crippen LogP contribution in [0.4, 0.5) is 18.0 Å². The number of rotatable bonds is 4. The highest BCUT2D eigenvalue weighted by atomic mass is 32.2. The topological polar surface area (TPSA) is 60.9 Å². The first-order valence-electron chi connectivity index (χ1n) is 6.15. The predicted molar refractivity (Wildman–Crippen MR) is 68.5 cm³/mol. The van der Waals surface area contributed by atoms with Crippen molar-refractivity contribution < 1.29 is 27.9 Å². The van der Waals surface area contributed by atoms with Gasteiger partial charge in [-0.3, -0.25) is 4.90 Å². The number of aliphatic carboxylic acids is 1. The van der Waals surface area contributed by atoms with E-state index < -0.39 is 36.1 Å². The van der Waals surface area contributed by atoms with Crippen LogP contribution in [0.1, 0.15) is 20.3 Å². The highest BCUT2D eigenvalue weighted by Crippen LogP contribution is 2.30. The average Bonchev–Trinajstić information content (AvgIpc) is 2.68. The minimum absolute atomic E-state index is 0.0570. The Kier molecular flexibility index (Phi) is 5.55. The van der Waals surface area contributed by atoms with E-state index in [2.05, 4.69) is 0 Å². The van der Waals surface area contributed by atoms with Crippen LogP contribution in [0.2, 0.25) is 0 Å². The summed E-state index contributed by atoms with van der Waals surface area (Å²) in [5.74, 6) is -1.01. The van der Waals surface area contributed by atoms with Gasteiger partial charge in [0.15, 0.2) is 0 Å². The van der Waals surface area contributed by atoms with E-state index in [0.717, 1.165) is 4.90 Å². The Morgan fingerprint density at radius 3 is 2.50 bits per heavy atom. The number of urea groups is 1. The fourth-order valence-electron chi connectivity index (χ4n) is 2.02. The SMILES string of the molecule is CCCN(CC(F)(F)F)C(=O)N1C(C)SCC1C(=O)O. The zero-order valence-corrected chi connectivity index (χ0v) is 12.0. The van der Waals surface area contributed by atoms with E-state index in [9.17, 15) is 22.8 Å². The molecule has 1 aliphatic heterocycles. The van der Waals surface area contributed by atoms with Crippen molar-refractivity contribution in [1.29, 1.82) is 0 Å². The molecule has 0 aromatic rings. The summed E-state index contributed by atoms with van der Waals surface area (Å²) in [5.41, 5.74) is 0. The highest BCUT2D eigenvalue weighted by molar-refractivity contribution is 8.00. The fourth-order valence-corrected chi connectivity index (χ4v) is 3.18. The fraction of sp³-hybridized carbons (Fsp3) is 0.818. The Balaban J connectivity index is 2.89. The number of nitrogens with zero attached hydrogens (tertiary/aromatic N) is 2. The lowest BCUT2D eigenvalue weighted by atomic mass is 10.3. The second kappa shape index (κ2) is 6.55. The van der Waals surface area contributed by atoms with E-state index in [0.29, 0.717) is 11.3 Å². The Bertz CT molecular complexity index is 378. The summed E-state index contributed by atoms with van der Waals surface area (Å²) in [7, 11) is 0. The highest BCUT2D eigenvalue weighted by Gasteiger charge is 2.43. The predicted octanol–water partition coefficient (Wildman–Crippen LogP) is 2.23. The molecule has 1 saturated heterocycles. The van der Waals surface area contributed by atoms with Gasteiger partial charge in [-0.1, -0.05) is 6.92 Å². The molecule has 1 rings (SSSR count). The van der Waals surface area contributed by atoms with Crippen LogP contribution in [-0.2, 0) is 4.79 Å². The summed E-state index contributed by atoms with van der Waals surface area (Å²) in [6.45, 7) is 1.86. The normalized spacial score (nSPS) is 22.9. The van der Waals surface area contributed by atoms with Crippen molar-refractivity contribution in [2.75, 3.05) is 18.8 Å². The van der Waals surface area contributed by atoms with Crippen molar-refractivity contribution in [2.45, 2.75) is 37.9 Å². The summed E-state index contributed by atoms with van der Waals surface area (Å²) in [6, 6.07) is -1.94. The largest absolute Gasteiger partial charge is 0.480 e. The van der Waals surface area contributed by atoms with Crippen molar-refractivity contribution in [2.24, 2.45) is 0 Å². The van der Waals surface area contributed by atoms with Crippen LogP contribution in [0.15, 0.2) is 0 Å². The van der Waals surface area contributed by atoms with E-state index >= 15 is 0 Å². The van der Waals surface area contributed by atoms with Crippen LogP contribution in [-0.4, -0.2) is 63.3 Å². The minimum atomic E-state index is -4.50. The maximum absolute atomic E-state index is 12.5. The van der Waals surface area contributed by atoms with Gasteiger partial charge in [-0.2, -0.15) is 13.2 Å². The lowest BCUT2D eigenvalue weighted by Gasteiger charge is -2.32. The quantitative estimate of drug-likeness (QED) is 0.864. The van der Waals surface area contributed by atoms with Crippen LogP contribution in [0.25, 0.3) is 0 Å². The van der Waals surface area contributed by atoms with E-state index in [1.54, 1.807) is 13.8 Å². The number of hydrogen-bond acceptors (Lipinski definition) is 3. The van der Waals surface area contributed by atoms with E-state index in [4.69, 9.17) is 5.11 Å². The lowest BCUT2D eigenvalue weighted by molar-refractivity contribution is -0.144. The van der Waals surface area contributed by atoms with Crippen molar-refractivity contribution in [3.05, 3.63) is 0 Å². The molecule has 0 aromatic heterocycles. The van der Waals surface area contributed by atoms with Crippen LogP contribution in [0, 0.1) is 0 Å². The number of carboxylic acid groups (broad SMARTS) is 1. The molecule has 2 atom stereocenters. The molecule has 2 unspecified atom stereocenters. The third kappa shape index (κ3) is 4.19. The molecule has 0 aliphatic carbocycles. The van der Waals surface area contributed by atoms with Gasteiger partial charge in [0.2, 0.25) is 0 Å². The molecule has 9 heteroatoms. The van der Waals surface area contributed by atoms with Crippen molar-refractivity contribution in [3.8, 4) is 0 Å². The number of thioether (sulfide) groups is 1. The Morgan fingerprint density at radius 1 is 1.45 bits per heavy atom. The van der Waals surface area contributed by atoms with Gasteiger partial charge in [0.25, 0.3) is 0 Å². The van der Waals surface area contributed by atoms with Gasteiger partial charge in [-0.25, -0.2) is 9.59 Å². The van der Waals surface area contributed by atoms with E-state index in [-0.39, 0.29) is 12.3 Å². The number of amides is 2. The summed E-state index contributed by atoms with van der Waals surface area (Å²) in [5, 5.41) is 8.60. The first-order chi connectivity index (χ1) is 9.17. The summed E-state index contributed by atoms with van der Waals surface area (Å²) in [6.07, 6.45) is -4.13. The van der Waals surface area contributed by atoms with Crippen LogP contribution in [0.3, 0.4) is 0 Å². The van der Waals surface area contributed by atoms with Gasteiger partial charge in [-0.05, 0) is 13.3 Å². The average molecular weight is 314 g/mol. The number of carboxylic acids is 1. The van der Waals surface area contributed by atoms with Crippen molar-refractivity contribution in [3.63, 3.8) is 0 Å². The zero-order chi connectivity index (χ0) is 15.5. The molecule has 0 radical (unpaired) electrons. The molecule has 116 valence electrons. The smallest absolute Gasteiger partial charge is 0.406 e. The first-order valence-corrected chi connectivity index (χ1v) is 7.20. The molecule has 5 nitrogen and oxygen atoms in total. The third-order valence-corrected chi connectivity index (χ3v) is 4.08. The molecule has 20 heavy (non-hydrogen) atoms. The third-order valence-electron chi connectivity index (χ3n) is 2.86. The molecule has 0 aromatic carbocycles. The monoisotopic (exact) mass is 314 g/mol. The Hall–Kier alpha value is -1.12. The molecule has 1 aliphatic rings. The summed E-state index contributed by atoms with van der Waals surface area (Å²) in [4.78, 5) is 25.0. The van der Waals surface area contributed by atoms with Gasteiger partial charge >= 0.3 is 18.2 Å². The number of carbonyl (C=O) groups excluding carboxylic acids is 1. The molecule has 0 spiro atoms. The molecule has 2 amide bonds. The first kappa shape index (κ1) is 16.9. The number of alkyl halides is 3. The molecule has 0 saturated carbocycles. The second-order valence-corrected chi connectivity index (χ2v) is 5.86. The summed E-state index contributed by atoms with van der Waals surface area (Å²) >= 11 is 1.24. The molecule has 1 fully saturated rings. The Morgan fingerprint density at radius 2 is 2.05 bits per heavy atom. The maximum atomic E-state index is 12.5. The number of carbonyl (C=O) groups is 2. The molecule has 1 heterocycles. The maximum Gasteiger partial charge on any atom is 0.406 e. The molecule has 0 bridgehead atoms. The van der Waals surface area contributed by atoms with Gasteiger partial charge in [-0.15, -0.1) is 11.8 Å². The van der Waals surface area contributed by atoms with Gasteiger partial charge in [0.05, 0.1) is 5.37 Å². The standard InChI is InChI=1S/C11H17F3N2O3S/c1-3-4-15(6-11(12,13)14)10(19)16-7(2)20-5-8(16)9(17)18/h7-8H,3-6H2,1-2H3,(H,17,18). The van der Waals surface area contributed by atoms with Crippen molar-refractivity contribution >= 4 is 23.8 Å². The van der Waals surface area contributed by atoms with Gasteiger partial charge in [0.1, 0.15) is 12.6 Å². The van der Waals surface area contributed by atoms with Gasteiger partial charge < -0.3 is 10.0 Å². The summed E-state index contributed by atoms with van der Waals surface area (Å²) < 4.78 is 37.5. The molecule has 1 N–H and O–H groups in total. The van der Waals surface area contributed by atoms with Crippen LogP contribution >= 0.6 is 11.8 Å². The van der Waals surface area contributed by atoms with Crippen molar-refractivity contribution in [1.82, 2.24) is 9.80 Å². The lowest BCUT2D eigenvalue weighted by Crippen LogP contribution is -2.53. The van der Waals surface area contributed by atoms with Crippen LogP contribution in [0.5, 0.6) is 0 Å².